The SMILES string of the molecule is CCOC(=O)CC(C)Nc1cc(Cl)ccc1F. The lowest BCUT2D eigenvalue weighted by Gasteiger charge is -2.15. The van der Waals surface area contributed by atoms with E-state index in [1.165, 1.54) is 18.2 Å². The lowest BCUT2D eigenvalue weighted by Crippen LogP contribution is -2.21. The molecule has 1 atom stereocenters. The van der Waals surface area contributed by atoms with Crippen molar-refractivity contribution >= 4 is 23.3 Å². The summed E-state index contributed by atoms with van der Waals surface area (Å²) in [4.78, 5) is 11.2. The fourth-order valence-corrected chi connectivity index (χ4v) is 1.57. The second-order valence-electron chi connectivity index (χ2n) is 3.68. The molecule has 1 aromatic rings. The van der Waals surface area contributed by atoms with Crippen LogP contribution in [0.5, 0.6) is 0 Å². The fraction of sp³-hybridized carbons (Fsp3) is 0.417. The van der Waals surface area contributed by atoms with Crippen LogP contribution in [0.3, 0.4) is 0 Å². The van der Waals surface area contributed by atoms with Gasteiger partial charge in [0.15, 0.2) is 0 Å². The first-order valence-electron chi connectivity index (χ1n) is 5.40. The molecule has 0 saturated heterocycles. The minimum atomic E-state index is -0.398. The van der Waals surface area contributed by atoms with Gasteiger partial charge < -0.3 is 10.1 Å². The molecular weight excluding hydrogens is 245 g/mol. The zero-order valence-corrected chi connectivity index (χ0v) is 10.6. The Kier molecular flexibility index (Phi) is 5.22. The van der Waals surface area contributed by atoms with Gasteiger partial charge in [-0.25, -0.2) is 4.39 Å². The van der Waals surface area contributed by atoms with Crippen molar-refractivity contribution in [3.05, 3.63) is 29.0 Å². The third-order valence-electron chi connectivity index (χ3n) is 2.11. The summed E-state index contributed by atoms with van der Waals surface area (Å²) in [5.74, 6) is -0.708. The largest absolute Gasteiger partial charge is 0.466 e. The monoisotopic (exact) mass is 259 g/mol. The quantitative estimate of drug-likeness (QED) is 0.825. The summed E-state index contributed by atoms with van der Waals surface area (Å²) in [6.07, 6.45) is 0.180. The van der Waals surface area contributed by atoms with Crippen LogP contribution in [-0.2, 0) is 9.53 Å². The van der Waals surface area contributed by atoms with Crippen LogP contribution in [0, 0.1) is 5.82 Å². The van der Waals surface area contributed by atoms with Crippen LogP contribution in [0.2, 0.25) is 5.02 Å². The van der Waals surface area contributed by atoms with E-state index in [0.29, 0.717) is 11.6 Å². The molecule has 1 aromatic carbocycles. The Balaban J connectivity index is 2.58. The Bertz CT molecular complexity index is 398. The molecule has 17 heavy (non-hydrogen) atoms. The smallest absolute Gasteiger partial charge is 0.307 e. The van der Waals surface area contributed by atoms with E-state index < -0.39 is 5.82 Å². The first-order chi connectivity index (χ1) is 8.02. The van der Waals surface area contributed by atoms with Crippen molar-refractivity contribution in [1.29, 1.82) is 0 Å². The second-order valence-corrected chi connectivity index (χ2v) is 4.12. The molecule has 1 rings (SSSR count). The number of esters is 1. The van der Waals surface area contributed by atoms with E-state index >= 15 is 0 Å². The number of benzene rings is 1. The van der Waals surface area contributed by atoms with Crippen molar-refractivity contribution in [3.8, 4) is 0 Å². The molecule has 0 aliphatic carbocycles. The predicted octanol–water partition coefficient (Wildman–Crippen LogP) is 3.23. The number of ether oxygens (including phenoxy) is 1. The summed E-state index contributed by atoms with van der Waals surface area (Å²) >= 11 is 5.76. The van der Waals surface area contributed by atoms with E-state index in [4.69, 9.17) is 16.3 Å². The molecule has 0 bridgehead atoms. The van der Waals surface area contributed by atoms with Crippen molar-refractivity contribution in [2.24, 2.45) is 0 Å². The van der Waals surface area contributed by atoms with E-state index in [-0.39, 0.29) is 24.1 Å². The summed E-state index contributed by atoms with van der Waals surface area (Å²) in [6, 6.07) is 4.01. The van der Waals surface area contributed by atoms with Gasteiger partial charge in [0, 0.05) is 11.1 Å². The summed E-state index contributed by atoms with van der Waals surface area (Å²) in [6.45, 7) is 3.86. The van der Waals surface area contributed by atoms with Crippen molar-refractivity contribution in [2.45, 2.75) is 26.3 Å². The van der Waals surface area contributed by atoms with Gasteiger partial charge in [-0.1, -0.05) is 11.6 Å². The van der Waals surface area contributed by atoms with Crippen LogP contribution in [0.25, 0.3) is 0 Å². The summed E-state index contributed by atoms with van der Waals surface area (Å²) in [5.41, 5.74) is 0.286. The Morgan fingerprint density at radius 3 is 2.94 bits per heavy atom. The number of rotatable bonds is 5. The number of hydrogen-bond acceptors (Lipinski definition) is 3. The molecule has 1 unspecified atom stereocenters. The molecule has 0 aliphatic rings. The third-order valence-corrected chi connectivity index (χ3v) is 2.34. The highest BCUT2D eigenvalue weighted by molar-refractivity contribution is 6.30. The van der Waals surface area contributed by atoms with Crippen molar-refractivity contribution in [1.82, 2.24) is 0 Å². The first-order valence-corrected chi connectivity index (χ1v) is 5.78. The standard InChI is InChI=1S/C12H15ClFNO2/c1-3-17-12(16)6-8(2)15-11-7-9(13)4-5-10(11)14/h4-5,7-8,15H,3,6H2,1-2H3. The van der Waals surface area contributed by atoms with Crippen LogP contribution >= 0.6 is 11.6 Å². The Morgan fingerprint density at radius 2 is 2.29 bits per heavy atom. The Hall–Kier alpha value is -1.29. The fourth-order valence-electron chi connectivity index (χ4n) is 1.39. The van der Waals surface area contributed by atoms with E-state index in [9.17, 15) is 9.18 Å². The van der Waals surface area contributed by atoms with Crippen LogP contribution in [-0.4, -0.2) is 18.6 Å². The van der Waals surface area contributed by atoms with Gasteiger partial charge in [0.25, 0.3) is 0 Å². The highest BCUT2D eigenvalue weighted by atomic mass is 35.5. The average Bonchev–Trinajstić information content (AvgIpc) is 2.23. The molecule has 5 heteroatoms. The van der Waals surface area contributed by atoms with Crippen molar-refractivity contribution in [2.75, 3.05) is 11.9 Å². The number of halogens is 2. The topological polar surface area (TPSA) is 38.3 Å². The lowest BCUT2D eigenvalue weighted by atomic mass is 10.2. The van der Waals surface area contributed by atoms with Crippen molar-refractivity contribution in [3.63, 3.8) is 0 Å². The summed E-state index contributed by atoms with van der Waals surface area (Å²) in [7, 11) is 0. The molecule has 3 nitrogen and oxygen atoms in total. The van der Waals surface area contributed by atoms with Crippen molar-refractivity contribution < 1.29 is 13.9 Å². The molecule has 0 radical (unpaired) electrons. The molecule has 0 saturated carbocycles. The van der Waals surface area contributed by atoms with Crippen LogP contribution in [0.4, 0.5) is 10.1 Å². The molecule has 0 amide bonds. The van der Waals surface area contributed by atoms with Gasteiger partial charge >= 0.3 is 5.97 Å². The number of nitrogens with one attached hydrogen (secondary N) is 1. The zero-order valence-electron chi connectivity index (χ0n) is 9.80. The van der Waals surface area contributed by atoms with Gasteiger partial charge in [-0.3, -0.25) is 4.79 Å². The van der Waals surface area contributed by atoms with Crippen LogP contribution in [0.1, 0.15) is 20.3 Å². The first kappa shape index (κ1) is 13.8. The highest BCUT2D eigenvalue weighted by Crippen LogP contribution is 2.20. The number of carbonyl (C=O) groups excluding carboxylic acids is 1. The van der Waals surface area contributed by atoms with Gasteiger partial charge in [-0.15, -0.1) is 0 Å². The third kappa shape index (κ3) is 4.61. The second kappa shape index (κ2) is 6.45. The van der Waals surface area contributed by atoms with Crippen LogP contribution < -0.4 is 5.32 Å². The van der Waals surface area contributed by atoms with E-state index in [0.717, 1.165) is 0 Å². The van der Waals surface area contributed by atoms with Gasteiger partial charge in [-0.2, -0.15) is 0 Å². The van der Waals surface area contributed by atoms with E-state index in [2.05, 4.69) is 5.32 Å². The maximum atomic E-state index is 13.4. The number of hydrogen-bond donors (Lipinski definition) is 1. The molecular formula is C12H15ClFNO2. The molecule has 0 fully saturated rings. The highest BCUT2D eigenvalue weighted by Gasteiger charge is 2.11. The number of anilines is 1. The average molecular weight is 260 g/mol. The van der Waals surface area contributed by atoms with E-state index in [1.807, 2.05) is 0 Å². The maximum absolute atomic E-state index is 13.4. The number of carbonyl (C=O) groups is 1. The maximum Gasteiger partial charge on any atom is 0.307 e. The van der Waals surface area contributed by atoms with Gasteiger partial charge in [0.05, 0.1) is 18.7 Å². The predicted molar refractivity (Wildman–Crippen MR) is 65.7 cm³/mol. The summed E-state index contributed by atoms with van der Waals surface area (Å²) in [5, 5.41) is 3.32. The van der Waals surface area contributed by atoms with Gasteiger partial charge in [-0.05, 0) is 32.0 Å². The normalized spacial score (nSPS) is 12.0. The molecule has 0 aliphatic heterocycles. The molecule has 0 heterocycles. The summed E-state index contributed by atoms with van der Waals surface area (Å²) < 4.78 is 18.2. The molecule has 0 spiro atoms. The molecule has 1 N–H and O–H groups in total. The van der Waals surface area contributed by atoms with E-state index in [1.54, 1.807) is 13.8 Å². The minimum absolute atomic E-state index is 0.180. The van der Waals surface area contributed by atoms with Gasteiger partial charge in [0.1, 0.15) is 5.82 Å². The molecule has 94 valence electrons. The zero-order chi connectivity index (χ0) is 12.8. The van der Waals surface area contributed by atoms with Crippen LogP contribution in [0.15, 0.2) is 18.2 Å². The Labute approximate surface area is 105 Å². The lowest BCUT2D eigenvalue weighted by molar-refractivity contribution is -0.143. The molecule has 0 aromatic heterocycles. The minimum Gasteiger partial charge on any atom is -0.466 e. The van der Waals surface area contributed by atoms with Gasteiger partial charge in [0.2, 0.25) is 0 Å². The Morgan fingerprint density at radius 1 is 1.59 bits per heavy atom.